The minimum Gasteiger partial charge on any atom is -0.425 e. The molecule has 0 aromatic heterocycles. The van der Waals surface area contributed by atoms with Crippen molar-refractivity contribution in [2.24, 2.45) is 5.41 Å². The third kappa shape index (κ3) is 5.29. The predicted octanol–water partition coefficient (Wildman–Crippen LogP) is 4.01. The van der Waals surface area contributed by atoms with Crippen LogP contribution in [-0.2, 0) is 20.7 Å². The molecule has 136 valence electrons. The van der Waals surface area contributed by atoms with E-state index in [1.807, 2.05) is 25.1 Å². The summed E-state index contributed by atoms with van der Waals surface area (Å²) < 4.78 is 16.4. The maximum Gasteiger partial charge on any atom is 0.336 e. The number of aryl methyl sites for hydroxylation is 1. The zero-order valence-corrected chi connectivity index (χ0v) is 15.1. The summed E-state index contributed by atoms with van der Waals surface area (Å²) in [5, 5.41) is 9.46. The van der Waals surface area contributed by atoms with Crippen molar-refractivity contribution in [3.05, 3.63) is 29.8 Å². The smallest absolute Gasteiger partial charge is 0.336 e. The molecule has 0 saturated carbocycles. The molecule has 0 radical (unpaired) electrons. The molecule has 1 aromatic rings. The monoisotopic (exact) mass is 345 g/mol. The highest BCUT2D eigenvalue weighted by Gasteiger charge is 2.46. The minimum atomic E-state index is -1.40. The van der Waals surface area contributed by atoms with Gasteiger partial charge in [0.05, 0.1) is 19.3 Å². The second-order valence-electron chi connectivity index (χ2n) is 6.52. The van der Waals surface area contributed by atoms with Crippen molar-refractivity contribution in [1.29, 1.82) is 5.26 Å². The van der Waals surface area contributed by atoms with Gasteiger partial charge in [0.1, 0.15) is 5.75 Å². The highest BCUT2D eigenvalue weighted by molar-refractivity contribution is 5.82. The molecule has 1 aliphatic rings. The number of nitriles is 1. The highest BCUT2D eigenvalue weighted by atomic mass is 16.7. The molecular weight excluding hydrogens is 318 g/mol. The maximum atomic E-state index is 12.5. The van der Waals surface area contributed by atoms with E-state index in [2.05, 4.69) is 6.92 Å². The fourth-order valence-electron chi connectivity index (χ4n) is 2.70. The first-order valence-electron chi connectivity index (χ1n) is 9.09. The van der Waals surface area contributed by atoms with Crippen LogP contribution in [-0.4, -0.2) is 25.5 Å². The van der Waals surface area contributed by atoms with E-state index in [0.717, 1.165) is 25.7 Å². The lowest BCUT2D eigenvalue weighted by molar-refractivity contribution is -0.222. The molecule has 5 heteroatoms. The van der Waals surface area contributed by atoms with Crippen molar-refractivity contribution in [2.75, 3.05) is 13.2 Å². The first-order valence-corrected chi connectivity index (χ1v) is 9.09. The number of carbonyl (C=O) groups excluding carboxylic acids is 1. The largest absolute Gasteiger partial charge is 0.425 e. The molecular formula is C20H27NO4. The topological polar surface area (TPSA) is 68.6 Å². The molecule has 1 fully saturated rings. The van der Waals surface area contributed by atoms with E-state index in [1.54, 1.807) is 12.1 Å². The Morgan fingerprint density at radius 2 is 1.88 bits per heavy atom. The first-order chi connectivity index (χ1) is 12.1. The molecule has 0 bridgehead atoms. The van der Waals surface area contributed by atoms with Crippen LogP contribution in [0.25, 0.3) is 0 Å². The van der Waals surface area contributed by atoms with Crippen LogP contribution >= 0.6 is 0 Å². The fraction of sp³-hybridized carbons (Fsp3) is 0.600. The van der Waals surface area contributed by atoms with Gasteiger partial charge in [-0.3, -0.25) is 0 Å². The summed E-state index contributed by atoms with van der Waals surface area (Å²) in [6.45, 7) is 4.21. The Kier molecular flexibility index (Phi) is 7.42. The van der Waals surface area contributed by atoms with E-state index >= 15 is 0 Å². The van der Waals surface area contributed by atoms with Crippen LogP contribution in [0.2, 0.25) is 0 Å². The Bertz CT molecular complexity index is 583. The van der Waals surface area contributed by atoms with E-state index in [-0.39, 0.29) is 19.5 Å². The molecule has 1 aromatic carbocycles. The van der Waals surface area contributed by atoms with Crippen molar-refractivity contribution >= 4 is 5.97 Å². The van der Waals surface area contributed by atoms with Gasteiger partial charge in [-0.25, -0.2) is 4.79 Å². The molecule has 25 heavy (non-hydrogen) atoms. The van der Waals surface area contributed by atoms with Gasteiger partial charge < -0.3 is 14.2 Å². The normalized spacial score (nSPS) is 23.0. The number of unbranched alkanes of at least 4 members (excludes halogenated alkanes) is 2. The number of rotatable bonds is 8. The molecule has 0 N–H and O–H groups in total. The quantitative estimate of drug-likeness (QED) is 0.404. The zero-order chi connectivity index (χ0) is 18.1. The first kappa shape index (κ1) is 19.4. The van der Waals surface area contributed by atoms with E-state index in [4.69, 9.17) is 14.2 Å². The summed E-state index contributed by atoms with van der Waals surface area (Å²) >= 11 is 0. The Morgan fingerprint density at radius 1 is 1.20 bits per heavy atom. The van der Waals surface area contributed by atoms with Crippen LogP contribution in [0.1, 0.15) is 51.5 Å². The number of esters is 1. The van der Waals surface area contributed by atoms with Crippen LogP contribution in [0, 0.1) is 16.7 Å². The number of hydrogen-bond donors (Lipinski definition) is 0. The summed E-state index contributed by atoms with van der Waals surface area (Å²) in [4.78, 5) is 12.5. The Hall–Kier alpha value is -1.90. The third-order valence-corrected chi connectivity index (χ3v) is 4.36. The van der Waals surface area contributed by atoms with Crippen LogP contribution < -0.4 is 4.74 Å². The van der Waals surface area contributed by atoms with Crippen molar-refractivity contribution in [2.45, 2.75) is 58.7 Å². The second-order valence-corrected chi connectivity index (χ2v) is 6.52. The van der Waals surface area contributed by atoms with Crippen molar-refractivity contribution < 1.29 is 19.0 Å². The average Bonchev–Trinajstić information content (AvgIpc) is 2.64. The van der Waals surface area contributed by atoms with Crippen LogP contribution in [0.5, 0.6) is 5.75 Å². The molecule has 0 atom stereocenters. The summed E-state index contributed by atoms with van der Waals surface area (Å²) in [5.74, 6) is -0.182. The van der Waals surface area contributed by atoms with Gasteiger partial charge in [-0.15, -0.1) is 0 Å². The number of hydrogen-bond acceptors (Lipinski definition) is 5. The van der Waals surface area contributed by atoms with E-state index in [0.29, 0.717) is 5.75 Å². The van der Waals surface area contributed by atoms with Gasteiger partial charge in [-0.05, 0) is 37.0 Å². The van der Waals surface area contributed by atoms with Gasteiger partial charge in [0.25, 0.3) is 0 Å². The molecule has 0 spiro atoms. The minimum absolute atomic E-state index is 0.00208. The molecule has 1 heterocycles. The molecule has 0 amide bonds. The van der Waals surface area contributed by atoms with Gasteiger partial charge in [-0.2, -0.15) is 5.26 Å². The highest BCUT2D eigenvalue weighted by Crippen LogP contribution is 2.28. The molecule has 2 rings (SSSR count). The predicted molar refractivity (Wildman–Crippen MR) is 94.0 cm³/mol. The van der Waals surface area contributed by atoms with Crippen molar-refractivity contribution in [1.82, 2.24) is 0 Å². The standard InChI is InChI=1S/C20H27NO4/c1-3-5-6-8-16-9-11-17(12-10-16)25-19(22)20(13-21)14-23-18(7-4-2)24-15-20/h9-12,18H,3-8,14-15H2,1-2H3. The van der Waals surface area contributed by atoms with Crippen LogP contribution in [0.4, 0.5) is 0 Å². The summed E-state index contributed by atoms with van der Waals surface area (Å²) in [5.41, 5.74) is -0.181. The lowest BCUT2D eigenvalue weighted by Gasteiger charge is -2.33. The zero-order valence-electron chi connectivity index (χ0n) is 15.1. The van der Waals surface area contributed by atoms with Gasteiger partial charge in [0.15, 0.2) is 6.29 Å². The lowest BCUT2D eigenvalue weighted by atomic mass is 9.91. The summed E-state index contributed by atoms with van der Waals surface area (Å²) in [6, 6.07) is 9.49. The number of nitrogens with zero attached hydrogens (tertiary/aromatic N) is 1. The van der Waals surface area contributed by atoms with Crippen molar-refractivity contribution in [3.63, 3.8) is 0 Å². The Labute approximate surface area is 149 Å². The molecule has 1 saturated heterocycles. The summed E-state index contributed by atoms with van der Waals surface area (Å²) in [6.07, 6.45) is 5.89. The van der Waals surface area contributed by atoms with E-state index < -0.39 is 11.4 Å². The number of benzene rings is 1. The van der Waals surface area contributed by atoms with E-state index in [1.165, 1.54) is 18.4 Å². The van der Waals surface area contributed by atoms with Gasteiger partial charge in [0.2, 0.25) is 5.41 Å². The van der Waals surface area contributed by atoms with Crippen molar-refractivity contribution in [3.8, 4) is 11.8 Å². The van der Waals surface area contributed by atoms with Gasteiger partial charge in [-0.1, -0.05) is 45.2 Å². The van der Waals surface area contributed by atoms with Crippen LogP contribution in [0.15, 0.2) is 24.3 Å². The molecule has 1 aliphatic heterocycles. The lowest BCUT2D eigenvalue weighted by Crippen LogP contribution is -2.48. The molecule has 5 nitrogen and oxygen atoms in total. The third-order valence-electron chi connectivity index (χ3n) is 4.36. The van der Waals surface area contributed by atoms with Gasteiger partial charge in [0, 0.05) is 0 Å². The second kappa shape index (κ2) is 9.55. The van der Waals surface area contributed by atoms with Crippen LogP contribution in [0.3, 0.4) is 0 Å². The molecule has 0 aliphatic carbocycles. The average molecular weight is 345 g/mol. The van der Waals surface area contributed by atoms with E-state index in [9.17, 15) is 10.1 Å². The Balaban J connectivity index is 1.92. The number of carbonyl (C=O) groups is 1. The fourth-order valence-corrected chi connectivity index (χ4v) is 2.70. The van der Waals surface area contributed by atoms with Gasteiger partial charge >= 0.3 is 5.97 Å². The SMILES string of the molecule is CCCCCc1ccc(OC(=O)C2(C#N)COC(CCC)OC2)cc1. The number of ether oxygens (including phenoxy) is 3. The summed E-state index contributed by atoms with van der Waals surface area (Å²) in [7, 11) is 0. The molecule has 0 unspecified atom stereocenters. The maximum absolute atomic E-state index is 12.5. The Morgan fingerprint density at radius 3 is 2.44 bits per heavy atom.